The Bertz CT molecular complexity index is 99.6. The first-order valence-corrected chi connectivity index (χ1v) is 9.38. The van der Waals surface area contributed by atoms with Crippen molar-refractivity contribution in [3.8, 4) is 0 Å². The van der Waals surface area contributed by atoms with E-state index in [9.17, 15) is 0 Å². The lowest BCUT2D eigenvalue weighted by Gasteiger charge is -2.15. The van der Waals surface area contributed by atoms with Crippen molar-refractivity contribution in [2.45, 2.75) is 33.6 Å². The third-order valence-corrected chi connectivity index (χ3v) is 2.95. The van der Waals surface area contributed by atoms with E-state index in [0.717, 1.165) is 0 Å². The van der Waals surface area contributed by atoms with E-state index in [-0.39, 0.29) is 7.43 Å². The molecule has 2 N–H and O–H groups in total. The summed E-state index contributed by atoms with van der Waals surface area (Å²) in [7, 11) is -0.910. The van der Waals surface area contributed by atoms with Crippen molar-refractivity contribution < 1.29 is 18.4 Å². The van der Waals surface area contributed by atoms with Crippen LogP contribution < -0.4 is 0 Å². The Hall–Kier alpha value is 0.274. The van der Waals surface area contributed by atoms with Gasteiger partial charge in [0.05, 0.1) is 0 Å². The molecule has 0 spiro atoms. The Labute approximate surface area is 84.0 Å². The zero-order valence-electron chi connectivity index (χ0n) is 8.71. The SMILES string of the molecule is C.CO[Si](C)(C)OC.C[Si](C)(O)O. The Morgan fingerprint density at radius 3 is 1.00 bits per heavy atom. The van der Waals surface area contributed by atoms with Gasteiger partial charge in [0.2, 0.25) is 0 Å². The second-order valence-electron chi connectivity index (χ2n) is 3.30. The predicted molar refractivity (Wildman–Crippen MR) is 60.2 cm³/mol. The van der Waals surface area contributed by atoms with Gasteiger partial charge in [0.1, 0.15) is 0 Å². The molecule has 0 saturated carbocycles. The van der Waals surface area contributed by atoms with Gasteiger partial charge in [0.25, 0.3) is 0 Å². The summed E-state index contributed by atoms with van der Waals surface area (Å²) < 4.78 is 10.0. The van der Waals surface area contributed by atoms with Gasteiger partial charge < -0.3 is 18.4 Å². The zero-order chi connectivity index (χ0) is 10.4. The maximum Gasteiger partial charge on any atom is 0.331 e. The molecule has 0 saturated heterocycles. The molecule has 0 atom stereocenters. The van der Waals surface area contributed by atoms with Crippen LogP contribution in [0.15, 0.2) is 0 Å². The average molecular weight is 228 g/mol. The van der Waals surface area contributed by atoms with Crippen molar-refractivity contribution in [1.29, 1.82) is 0 Å². The molecule has 4 nitrogen and oxygen atoms in total. The lowest BCUT2D eigenvalue weighted by Crippen LogP contribution is -2.31. The minimum absolute atomic E-state index is 0. The Morgan fingerprint density at radius 1 is 0.846 bits per heavy atom. The molecule has 0 amide bonds. The molecule has 0 aliphatic rings. The van der Waals surface area contributed by atoms with Crippen LogP contribution in [-0.2, 0) is 8.85 Å². The lowest BCUT2D eigenvalue weighted by molar-refractivity contribution is 0.258. The molecule has 0 aromatic carbocycles. The summed E-state index contributed by atoms with van der Waals surface area (Å²) >= 11 is 0. The van der Waals surface area contributed by atoms with Crippen molar-refractivity contribution in [2.24, 2.45) is 0 Å². The third-order valence-electron chi connectivity index (χ3n) is 0.983. The van der Waals surface area contributed by atoms with Crippen LogP contribution in [-0.4, -0.2) is 40.9 Å². The van der Waals surface area contributed by atoms with Crippen LogP contribution in [0.4, 0.5) is 0 Å². The van der Waals surface area contributed by atoms with Crippen molar-refractivity contribution in [2.75, 3.05) is 14.2 Å². The van der Waals surface area contributed by atoms with Gasteiger partial charge in [-0.3, -0.25) is 0 Å². The minimum atomic E-state index is -2.61. The summed E-state index contributed by atoms with van der Waals surface area (Å²) in [4.78, 5) is 16.4. The highest BCUT2D eigenvalue weighted by atomic mass is 28.4. The van der Waals surface area contributed by atoms with Crippen LogP contribution in [0.5, 0.6) is 0 Å². The fourth-order valence-corrected chi connectivity index (χ4v) is 0.250. The first-order chi connectivity index (χ1) is 5.12. The van der Waals surface area contributed by atoms with Crippen LogP contribution in [0.3, 0.4) is 0 Å². The van der Waals surface area contributed by atoms with E-state index >= 15 is 0 Å². The molecule has 0 aliphatic heterocycles. The molecule has 0 aromatic rings. The molecule has 0 rings (SSSR count). The molecular formula is C7H24O4Si2. The quantitative estimate of drug-likeness (QED) is 0.699. The summed E-state index contributed by atoms with van der Waals surface area (Å²) in [5.74, 6) is 0. The lowest BCUT2D eigenvalue weighted by atomic mass is 11.8. The molecule has 0 heterocycles. The fourth-order valence-electron chi connectivity index (χ4n) is 0.0833. The normalized spacial score (nSPS) is 11.1. The van der Waals surface area contributed by atoms with Crippen molar-refractivity contribution in [3.63, 3.8) is 0 Å². The van der Waals surface area contributed by atoms with E-state index < -0.39 is 17.1 Å². The molecule has 0 radical (unpaired) electrons. The highest BCUT2D eigenvalue weighted by Crippen LogP contribution is 1.99. The molecule has 0 aromatic heterocycles. The molecule has 0 fully saturated rings. The highest BCUT2D eigenvalue weighted by molar-refractivity contribution is 6.64. The molecule has 0 bridgehead atoms. The second kappa shape index (κ2) is 7.66. The van der Waals surface area contributed by atoms with Gasteiger partial charge in [-0.2, -0.15) is 0 Å². The largest absolute Gasteiger partial charge is 0.411 e. The van der Waals surface area contributed by atoms with Crippen LogP contribution in [0, 0.1) is 0 Å². The van der Waals surface area contributed by atoms with E-state index in [1.54, 1.807) is 14.2 Å². The zero-order valence-corrected chi connectivity index (χ0v) is 10.7. The molecule has 0 unspecified atom stereocenters. The van der Waals surface area contributed by atoms with Crippen molar-refractivity contribution in [1.82, 2.24) is 0 Å². The highest BCUT2D eigenvalue weighted by Gasteiger charge is 2.19. The third kappa shape index (κ3) is 32.9. The fraction of sp³-hybridized carbons (Fsp3) is 1.00. The van der Waals surface area contributed by atoms with Gasteiger partial charge >= 0.3 is 17.1 Å². The number of rotatable bonds is 2. The van der Waals surface area contributed by atoms with Crippen molar-refractivity contribution in [3.05, 3.63) is 0 Å². The number of hydrogen-bond donors (Lipinski definition) is 2. The van der Waals surface area contributed by atoms with E-state index in [0.29, 0.717) is 0 Å². The van der Waals surface area contributed by atoms with Crippen LogP contribution in [0.25, 0.3) is 0 Å². The molecule has 0 aliphatic carbocycles. The van der Waals surface area contributed by atoms with Crippen LogP contribution in [0.2, 0.25) is 26.2 Å². The maximum absolute atomic E-state index is 8.22. The van der Waals surface area contributed by atoms with E-state index in [2.05, 4.69) is 0 Å². The van der Waals surface area contributed by atoms with Gasteiger partial charge in [0, 0.05) is 14.2 Å². The Kier molecular flexibility index (Phi) is 11.2. The monoisotopic (exact) mass is 228 g/mol. The molecule has 13 heavy (non-hydrogen) atoms. The smallest absolute Gasteiger partial charge is 0.331 e. The first kappa shape index (κ1) is 18.9. The summed E-state index contributed by atoms with van der Waals surface area (Å²) in [6, 6.07) is 0. The first-order valence-electron chi connectivity index (χ1n) is 3.67. The van der Waals surface area contributed by atoms with E-state index in [1.165, 1.54) is 13.1 Å². The van der Waals surface area contributed by atoms with Gasteiger partial charge in [0.15, 0.2) is 0 Å². The summed E-state index contributed by atoms with van der Waals surface area (Å²) in [6.07, 6.45) is 0. The minimum Gasteiger partial charge on any atom is -0.411 e. The standard InChI is InChI=1S/C4H12O2Si.C2H8O2Si.CH4/c1-5-7(3,4)6-2;1-5(2,3)4;/h1-4H3;3-4H,1-2H3;1H4. The summed E-state index contributed by atoms with van der Waals surface area (Å²) in [5, 5.41) is 0. The van der Waals surface area contributed by atoms with Crippen molar-refractivity contribution >= 4 is 17.1 Å². The summed E-state index contributed by atoms with van der Waals surface area (Å²) in [5.41, 5.74) is 0. The average Bonchev–Trinajstić information content (AvgIpc) is 1.85. The summed E-state index contributed by atoms with van der Waals surface area (Å²) in [6.45, 7) is 6.86. The van der Waals surface area contributed by atoms with Gasteiger partial charge in [-0.05, 0) is 26.2 Å². The van der Waals surface area contributed by atoms with E-state index in [4.69, 9.17) is 18.4 Å². The molecule has 84 valence electrons. The second-order valence-corrected chi connectivity index (χ2v) is 9.91. The Balaban J connectivity index is -0.000000150. The predicted octanol–water partition coefficient (Wildman–Crippen LogP) is 1.29. The van der Waals surface area contributed by atoms with Gasteiger partial charge in [-0.1, -0.05) is 7.43 Å². The van der Waals surface area contributed by atoms with Gasteiger partial charge in [-0.25, -0.2) is 0 Å². The number of hydrogen-bond acceptors (Lipinski definition) is 4. The Morgan fingerprint density at radius 2 is 1.00 bits per heavy atom. The topological polar surface area (TPSA) is 58.9 Å². The maximum atomic E-state index is 8.22. The van der Waals surface area contributed by atoms with Crippen LogP contribution >= 0.6 is 0 Å². The van der Waals surface area contributed by atoms with Gasteiger partial charge in [-0.15, -0.1) is 0 Å². The molecular weight excluding hydrogens is 204 g/mol. The van der Waals surface area contributed by atoms with Crippen LogP contribution in [0.1, 0.15) is 7.43 Å². The van der Waals surface area contributed by atoms with E-state index in [1.807, 2.05) is 13.1 Å². The molecule has 6 heteroatoms.